The number of aryl methyl sites for hydroxylation is 1. The van der Waals surface area contributed by atoms with Crippen LogP contribution >= 0.6 is 39.1 Å². The lowest BCUT2D eigenvalue weighted by Crippen LogP contribution is -2.37. The second kappa shape index (κ2) is 10.6. The Morgan fingerprint density at radius 3 is 2.57 bits per heavy atom. The van der Waals surface area contributed by atoms with Crippen molar-refractivity contribution in [3.63, 3.8) is 0 Å². The van der Waals surface area contributed by atoms with Crippen molar-refractivity contribution in [3.8, 4) is 5.82 Å². The molecule has 0 atom stereocenters. The van der Waals surface area contributed by atoms with E-state index in [0.717, 1.165) is 10.6 Å². The highest BCUT2D eigenvalue weighted by Gasteiger charge is 2.24. The molecule has 2 aromatic heterocycles. The summed E-state index contributed by atoms with van der Waals surface area (Å²) >= 11 is 15.8. The molecule has 0 spiro atoms. The summed E-state index contributed by atoms with van der Waals surface area (Å²) in [5, 5.41) is 8.82. The van der Waals surface area contributed by atoms with E-state index in [2.05, 4.69) is 31.3 Å². The Morgan fingerprint density at radius 2 is 1.86 bits per heavy atom. The molecule has 0 fully saturated rings. The molecule has 35 heavy (non-hydrogen) atoms. The molecule has 0 radical (unpaired) electrons. The molecule has 4 rings (SSSR count). The first-order valence-electron chi connectivity index (χ1n) is 10.3. The van der Waals surface area contributed by atoms with Gasteiger partial charge in [0.1, 0.15) is 10.3 Å². The lowest BCUT2D eigenvalue weighted by atomic mass is 10.1. The number of amides is 2. The van der Waals surface area contributed by atoms with Crippen LogP contribution in [0.5, 0.6) is 0 Å². The molecule has 3 N–H and O–H groups in total. The summed E-state index contributed by atoms with van der Waals surface area (Å²) < 4.78 is 1.73. The fraction of sp³-hybridized carbons (Fsp3) is 0.0833. The molecule has 0 aliphatic heterocycles. The van der Waals surface area contributed by atoms with Gasteiger partial charge in [0, 0.05) is 17.3 Å². The summed E-state index contributed by atoms with van der Waals surface area (Å²) in [6, 6.07) is 17.3. The number of nitrogens with zero attached hydrogens (tertiary/aromatic N) is 4. The summed E-state index contributed by atoms with van der Waals surface area (Å²) in [6.07, 6.45) is 1.54. The van der Waals surface area contributed by atoms with Crippen molar-refractivity contribution in [1.29, 1.82) is 0 Å². The zero-order valence-electron chi connectivity index (χ0n) is 18.4. The van der Waals surface area contributed by atoms with Crippen LogP contribution in [0.2, 0.25) is 10.0 Å². The summed E-state index contributed by atoms with van der Waals surface area (Å²) in [5.41, 5.74) is 2.03. The van der Waals surface area contributed by atoms with Gasteiger partial charge in [0.15, 0.2) is 5.82 Å². The average molecular weight is 574 g/mol. The SMILES string of the molecule is Cc1cc(Cl)cc(C(=O)N(N)Cc2ccccc2)c1NC(=O)c1cc(Br)nn1-c1ncccc1Cl. The van der Waals surface area contributed by atoms with E-state index in [1.165, 1.54) is 16.8 Å². The van der Waals surface area contributed by atoms with E-state index in [4.69, 9.17) is 29.0 Å². The molecule has 0 unspecified atom stereocenters. The van der Waals surface area contributed by atoms with Gasteiger partial charge >= 0.3 is 0 Å². The molecule has 0 saturated heterocycles. The number of anilines is 1. The van der Waals surface area contributed by atoms with Crippen LogP contribution in [0.1, 0.15) is 32.0 Å². The van der Waals surface area contributed by atoms with Crippen LogP contribution in [0.3, 0.4) is 0 Å². The molecule has 0 saturated carbocycles. The van der Waals surface area contributed by atoms with Gasteiger partial charge in [0.25, 0.3) is 11.8 Å². The topological polar surface area (TPSA) is 106 Å². The number of hydrogen-bond donors (Lipinski definition) is 2. The normalized spacial score (nSPS) is 10.8. The number of hydrazine groups is 1. The molecular weight excluding hydrogens is 555 g/mol. The van der Waals surface area contributed by atoms with Crippen molar-refractivity contribution in [1.82, 2.24) is 19.8 Å². The first kappa shape index (κ1) is 24.9. The third kappa shape index (κ3) is 5.54. The van der Waals surface area contributed by atoms with E-state index in [0.29, 0.717) is 20.2 Å². The molecule has 2 amide bonds. The fourth-order valence-electron chi connectivity index (χ4n) is 3.47. The molecule has 8 nitrogen and oxygen atoms in total. The molecule has 0 aliphatic rings. The monoisotopic (exact) mass is 572 g/mol. The molecule has 0 aliphatic carbocycles. The van der Waals surface area contributed by atoms with Crippen molar-refractivity contribution in [2.45, 2.75) is 13.5 Å². The first-order valence-corrected chi connectivity index (χ1v) is 11.9. The molecule has 2 aromatic carbocycles. The number of pyridine rings is 1. The number of nitrogens with two attached hydrogens (primary N) is 1. The number of nitrogens with one attached hydrogen (secondary N) is 1. The number of halogens is 3. The van der Waals surface area contributed by atoms with Crippen LogP contribution < -0.4 is 11.2 Å². The fourth-order valence-corrected chi connectivity index (χ4v) is 4.32. The lowest BCUT2D eigenvalue weighted by Gasteiger charge is -2.20. The van der Waals surface area contributed by atoms with Crippen molar-refractivity contribution in [2.24, 2.45) is 5.84 Å². The van der Waals surface area contributed by atoms with Gasteiger partial charge < -0.3 is 5.32 Å². The molecule has 178 valence electrons. The van der Waals surface area contributed by atoms with Gasteiger partial charge in [-0.3, -0.25) is 14.6 Å². The smallest absolute Gasteiger partial charge is 0.274 e. The molecular formula is C24H19BrCl2N6O2. The summed E-state index contributed by atoms with van der Waals surface area (Å²) in [6.45, 7) is 1.91. The largest absolute Gasteiger partial charge is 0.320 e. The highest BCUT2D eigenvalue weighted by atomic mass is 79.9. The minimum absolute atomic E-state index is 0.152. The van der Waals surface area contributed by atoms with Crippen LogP contribution in [0, 0.1) is 6.92 Å². The van der Waals surface area contributed by atoms with Crippen LogP contribution in [0.4, 0.5) is 5.69 Å². The minimum Gasteiger partial charge on any atom is -0.320 e. The van der Waals surface area contributed by atoms with Gasteiger partial charge in [0.2, 0.25) is 0 Å². The number of aromatic nitrogens is 3. The van der Waals surface area contributed by atoms with Crippen LogP contribution in [0.25, 0.3) is 5.82 Å². The number of hydrogen-bond acceptors (Lipinski definition) is 5. The summed E-state index contributed by atoms with van der Waals surface area (Å²) in [5.74, 6) is 5.35. The lowest BCUT2D eigenvalue weighted by molar-refractivity contribution is 0.0744. The van der Waals surface area contributed by atoms with Crippen molar-refractivity contribution in [2.75, 3.05) is 5.32 Å². The van der Waals surface area contributed by atoms with Crippen LogP contribution in [0.15, 0.2) is 71.5 Å². The predicted octanol–water partition coefficient (Wildman–Crippen LogP) is 5.41. The zero-order chi connectivity index (χ0) is 25.1. The summed E-state index contributed by atoms with van der Waals surface area (Å²) in [7, 11) is 0. The Bertz CT molecular complexity index is 1410. The molecule has 4 aromatic rings. The van der Waals surface area contributed by atoms with Gasteiger partial charge in [-0.2, -0.15) is 5.10 Å². The number of benzene rings is 2. The maximum atomic E-state index is 13.4. The van der Waals surface area contributed by atoms with Crippen molar-refractivity contribution < 1.29 is 9.59 Å². The van der Waals surface area contributed by atoms with Gasteiger partial charge in [-0.05, 0) is 58.2 Å². The van der Waals surface area contributed by atoms with E-state index < -0.39 is 11.8 Å². The minimum atomic E-state index is -0.531. The molecule has 11 heteroatoms. The van der Waals surface area contributed by atoms with Crippen LogP contribution in [-0.2, 0) is 6.54 Å². The highest BCUT2D eigenvalue weighted by molar-refractivity contribution is 9.10. The third-order valence-corrected chi connectivity index (χ3v) is 5.98. The Balaban J connectivity index is 1.68. The van der Waals surface area contributed by atoms with Gasteiger partial charge in [0.05, 0.1) is 22.8 Å². The van der Waals surface area contributed by atoms with Gasteiger partial charge in [-0.15, -0.1) is 0 Å². The van der Waals surface area contributed by atoms with E-state index in [9.17, 15) is 9.59 Å². The second-order valence-electron chi connectivity index (χ2n) is 7.59. The third-order valence-electron chi connectivity index (χ3n) is 5.08. The Labute approximate surface area is 219 Å². The van der Waals surface area contributed by atoms with E-state index >= 15 is 0 Å². The second-order valence-corrected chi connectivity index (χ2v) is 9.25. The Morgan fingerprint density at radius 1 is 1.11 bits per heavy atom. The van der Waals surface area contributed by atoms with E-state index in [-0.39, 0.29) is 29.3 Å². The predicted molar refractivity (Wildman–Crippen MR) is 139 cm³/mol. The number of rotatable bonds is 6. The quantitative estimate of drug-likeness (QED) is 0.182. The average Bonchev–Trinajstić information content (AvgIpc) is 3.22. The van der Waals surface area contributed by atoms with Gasteiger partial charge in [-0.25, -0.2) is 15.5 Å². The Hall–Kier alpha value is -3.24. The standard InChI is InChI=1S/C24H19BrCl2N6O2/c1-14-10-16(26)11-17(24(35)32(28)13-15-6-3-2-4-7-15)21(14)30-23(34)19-12-20(25)31-33(19)22-18(27)8-5-9-29-22/h2-12H,13,28H2,1H3,(H,30,34). The maximum absolute atomic E-state index is 13.4. The molecule has 0 bridgehead atoms. The molecule has 2 heterocycles. The van der Waals surface area contributed by atoms with Crippen molar-refractivity contribution in [3.05, 3.63) is 104 Å². The van der Waals surface area contributed by atoms with Gasteiger partial charge in [-0.1, -0.05) is 53.5 Å². The zero-order valence-corrected chi connectivity index (χ0v) is 21.5. The van der Waals surface area contributed by atoms with Crippen molar-refractivity contribution >= 4 is 56.6 Å². The van der Waals surface area contributed by atoms with Crippen LogP contribution in [-0.4, -0.2) is 31.6 Å². The maximum Gasteiger partial charge on any atom is 0.274 e. The highest BCUT2D eigenvalue weighted by Crippen LogP contribution is 2.28. The summed E-state index contributed by atoms with van der Waals surface area (Å²) in [4.78, 5) is 30.8. The first-order chi connectivity index (χ1) is 16.7. The van der Waals surface area contributed by atoms with E-state index in [1.54, 1.807) is 31.3 Å². The van der Waals surface area contributed by atoms with E-state index in [1.807, 2.05) is 30.3 Å². The Kier molecular flexibility index (Phi) is 7.51. The number of carbonyl (C=O) groups is 2. The number of carbonyl (C=O) groups excluding carboxylic acids is 2.